The number of unbranched alkanes of at least 4 members (excludes halogenated alkanes) is 1. The number of rotatable bonds is 8. The molecule has 0 fully saturated rings. The molecule has 1 aliphatic rings. The van der Waals surface area contributed by atoms with E-state index in [1.54, 1.807) is 19.4 Å². The van der Waals surface area contributed by atoms with Crippen molar-refractivity contribution in [2.24, 2.45) is 5.92 Å². The Morgan fingerprint density at radius 3 is 2.23 bits per heavy atom. The van der Waals surface area contributed by atoms with E-state index in [-0.39, 0.29) is 0 Å². The molecule has 144 valence electrons. The maximum absolute atomic E-state index is 2.70. The van der Waals surface area contributed by atoms with Gasteiger partial charge in [-0.1, -0.05) is 78.2 Å². The molecule has 26 heavy (non-hydrogen) atoms. The Morgan fingerprint density at radius 2 is 1.65 bits per heavy atom. The van der Waals surface area contributed by atoms with Gasteiger partial charge in [0.2, 0.25) is 0 Å². The van der Waals surface area contributed by atoms with Crippen LogP contribution in [0.4, 0.5) is 0 Å². The molecular formula is C22H36S2Si2. The second-order valence-corrected chi connectivity index (χ2v) is 21.3. The summed E-state index contributed by atoms with van der Waals surface area (Å²) in [5.74, 6) is 0.913. The van der Waals surface area contributed by atoms with E-state index in [1.807, 2.05) is 5.19 Å². The molecule has 1 aliphatic heterocycles. The fraction of sp³-hybridized carbons (Fsp3) is 0.636. The molecule has 3 heterocycles. The smallest absolute Gasteiger partial charge is 0.122 e. The highest BCUT2D eigenvalue weighted by molar-refractivity contribution is 7.35. The van der Waals surface area contributed by atoms with Crippen LogP contribution in [0.5, 0.6) is 0 Å². The van der Waals surface area contributed by atoms with Crippen molar-refractivity contribution in [3.63, 3.8) is 0 Å². The van der Waals surface area contributed by atoms with Gasteiger partial charge in [-0.3, -0.25) is 0 Å². The van der Waals surface area contributed by atoms with Crippen molar-refractivity contribution >= 4 is 53.7 Å². The van der Waals surface area contributed by atoms with Gasteiger partial charge in [0.1, 0.15) is 8.07 Å². The molecular weight excluding hydrogens is 385 g/mol. The minimum Gasteiger partial charge on any atom is -0.144 e. The fourth-order valence-corrected chi connectivity index (χ4v) is 16.0. The molecule has 0 N–H and O–H groups in total. The van der Waals surface area contributed by atoms with Crippen molar-refractivity contribution in [3.8, 4) is 9.75 Å². The van der Waals surface area contributed by atoms with Gasteiger partial charge in [-0.05, 0) is 39.8 Å². The van der Waals surface area contributed by atoms with Gasteiger partial charge < -0.3 is 0 Å². The first-order chi connectivity index (χ1) is 12.3. The Kier molecular flexibility index (Phi) is 6.08. The predicted octanol–water partition coefficient (Wildman–Crippen LogP) is 6.44. The Morgan fingerprint density at radius 1 is 1.00 bits per heavy atom. The molecule has 0 saturated heterocycles. The minimum absolute atomic E-state index is 0.913. The molecule has 4 heteroatoms. The number of fused-ring (bicyclic) bond motifs is 3. The lowest BCUT2D eigenvalue weighted by Gasteiger charge is -2.31. The van der Waals surface area contributed by atoms with E-state index in [4.69, 9.17) is 0 Å². The Bertz CT molecular complexity index is 766. The SMILES string of the molecule is CCCCC(CC)C[Si]1(CC)c2cc(C)sc2-c2sc([Si](C)(C)C)cc21. The summed E-state index contributed by atoms with van der Waals surface area (Å²) in [4.78, 5) is 4.88. The zero-order valence-corrected chi connectivity index (χ0v) is 21.4. The van der Waals surface area contributed by atoms with E-state index >= 15 is 0 Å². The van der Waals surface area contributed by atoms with Crippen LogP contribution < -0.4 is 14.9 Å². The Balaban J connectivity index is 2.11. The molecule has 0 aromatic carbocycles. The molecule has 0 amide bonds. The summed E-state index contributed by atoms with van der Waals surface area (Å²) in [6.45, 7) is 17.1. The normalized spacial score (nSPS) is 20.3. The molecule has 0 radical (unpaired) electrons. The average molecular weight is 421 g/mol. The topological polar surface area (TPSA) is 0 Å². The second kappa shape index (κ2) is 7.69. The lowest BCUT2D eigenvalue weighted by atomic mass is 10.0. The molecule has 0 aliphatic carbocycles. The van der Waals surface area contributed by atoms with Gasteiger partial charge in [-0.2, -0.15) is 0 Å². The van der Waals surface area contributed by atoms with E-state index in [9.17, 15) is 0 Å². The van der Waals surface area contributed by atoms with Crippen LogP contribution in [-0.2, 0) is 0 Å². The highest BCUT2D eigenvalue weighted by Crippen LogP contribution is 2.42. The van der Waals surface area contributed by atoms with Crippen LogP contribution in [0.1, 0.15) is 51.3 Å². The van der Waals surface area contributed by atoms with Crippen molar-refractivity contribution in [1.29, 1.82) is 0 Å². The van der Waals surface area contributed by atoms with Gasteiger partial charge in [-0.25, -0.2) is 0 Å². The zero-order chi connectivity index (χ0) is 19.1. The summed E-state index contributed by atoms with van der Waals surface area (Å²) in [5, 5.41) is 3.64. The number of aryl methyl sites for hydroxylation is 1. The third-order valence-electron chi connectivity index (χ3n) is 6.35. The van der Waals surface area contributed by atoms with Gasteiger partial charge >= 0.3 is 0 Å². The Labute approximate surface area is 171 Å². The van der Waals surface area contributed by atoms with Crippen LogP contribution in [0.3, 0.4) is 0 Å². The third kappa shape index (κ3) is 3.47. The van der Waals surface area contributed by atoms with Crippen molar-refractivity contribution in [1.82, 2.24) is 0 Å². The van der Waals surface area contributed by atoms with E-state index in [0.29, 0.717) is 0 Å². The largest absolute Gasteiger partial charge is 0.144 e. The summed E-state index contributed by atoms with van der Waals surface area (Å²) < 4.78 is 1.73. The summed E-state index contributed by atoms with van der Waals surface area (Å²) in [5.41, 5.74) is 0. The van der Waals surface area contributed by atoms with Gasteiger partial charge in [-0.15, -0.1) is 22.7 Å². The minimum atomic E-state index is -1.58. The van der Waals surface area contributed by atoms with Crippen molar-refractivity contribution in [3.05, 3.63) is 17.0 Å². The first-order valence-electron chi connectivity index (χ1n) is 10.5. The number of hydrogen-bond donors (Lipinski definition) is 0. The lowest BCUT2D eigenvalue weighted by Crippen LogP contribution is -2.55. The number of hydrogen-bond acceptors (Lipinski definition) is 2. The molecule has 2 atom stereocenters. The standard InChI is InChI=1S/C22H36S2Si2/c1-8-11-12-17(9-2)15-26(10-3)18-13-16(4)23-21(18)22-19(26)14-20(24-22)25(5,6)7/h13-14,17H,8-12,15H2,1-7H3. The van der Waals surface area contributed by atoms with Crippen molar-refractivity contribution in [2.45, 2.75) is 85.1 Å². The molecule has 2 aromatic heterocycles. The monoisotopic (exact) mass is 420 g/mol. The average Bonchev–Trinajstić information content (AvgIpc) is 3.23. The van der Waals surface area contributed by atoms with E-state index in [2.05, 4.69) is 82.1 Å². The first kappa shape index (κ1) is 20.6. The predicted molar refractivity (Wildman–Crippen MR) is 129 cm³/mol. The van der Waals surface area contributed by atoms with Gasteiger partial charge in [0.15, 0.2) is 0 Å². The van der Waals surface area contributed by atoms with Gasteiger partial charge in [0.25, 0.3) is 0 Å². The van der Waals surface area contributed by atoms with Gasteiger partial charge in [0, 0.05) is 14.6 Å². The molecule has 0 spiro atoms. The highest BCUT2D eigenvalue weighted by atomic mass is 32.1. The maximum atomic E-state index is 2.70. The summed E-state index contributed by atoms with van der Waals surface area (Å²) in [6.07, 6.45) is 5.52. The van der Waals surface area contributed by atoms with Crippen LogP contribution in [0, 0.1) is 12.8 Å². The summed E-state index contributed by atoms with van der Waals surface area (Å²) >= 11 is 4.24. The molecule has 0 bridgehead atoms. The van der Waals surface area contributed by atoms with E-state index < -0.39 is 16.1 Å². The highest BCUT2D eigenvalue weighted by Gasteiger charge is 2.48. The molecule has 2 aromatic rings. The lowest BCUT2D eigenvalue weighted by molar-refractivity contribution is 0.487. The first-order valence-corrected chi connectivity index (χ1v) is 18.1. The van der Waals surface area contributed by atoms with Crippen LogP contribution in [0.15, 0.2) is 12.1 Å². The maximum Gasteiger partial charge on any atom is 0.122 e. The third-order valence-corrected chi connectivity index (χ3v) is 18.0. The number of thiophene rings is 2. The molecule has 3 rings (SSSR count). The second-order valence-electron chi connectivity index (χ2n) is 9.26. The summed E-state index contributed by atoms with van der Waals surface area (Å²) in [7, 11) is -2.82. The zero-order valence-electron chi connectivity index (χ0n) is 17.8. The van der Waals surface area contributed by atoms with E-state index in [1.165, 1.54) is 42.6 Å². The van der Waals surface area contributed by atoms with Crippen LogP contribution >= 0.6 is 22.7 Å². The van der Waals surface area contributed by atoms with Crippen LogP contribution in [-0.4, -0.2) is 16.1 Å². The molecule has 0 saturated carbocycles. The molecule has 0 nitrogen and oxygen atoms in total. The van der Waals surface area contributed by atoms with Crippen LogP contribution in [0.25, 0.3) is 9.75 Å². The van der Waals surface area contributed by atoms with Gasteiger partial charge in [0.05, 0.1) is 8.07 Å². The quantitative estimate of drug-likeness (QED) is 0.431. The van der Waals surface area contributed by atoms with Crippen molar-refractivity contribution < 1.29 is 0 Å². The summed E-state index contributed by atoms with van der Waals surface area (Å²) in [6, 6.07) is 8.16. The Hall–Kier alpha value is -0.166. The van der Waals surface area contributed by atoms with Crippen LogP contribution in [0.2, 0.25) is 31.7 Å². The van der Waals surface area contributed by atoms with Crippen molar-refractivity contribution in [2.75, 3.05) is 0 Å². The molecule has 2 unspecified atom stereocenters. The fourth-order valence-electron chi connectivity index (χ4n) is 4.65. The van der Waals surface area contributed by atoms with E-state index in [0.717, 1.165) is 5.92 Å².